The van der Waals surface area contributed by atoms with Crippen LogP contribution >= 0.6 is 0 Å². The van der Waals surface area contributed by atoms with E-state index in [1.54, 1.807) is 12.2 Å². The van der Waals surface area contributed by atoms with Crippen molar-refractivity contribution < 1.29 is 17.9 Å². The van der Waals surface area contributed by atoms with Crippen molar-refractivity contribution in [3.05, 3.63) is 54.4 Å². The highest BCUT2D eigenvalue weighted by molar-refractivity contribution is 5.40. The Morgan fingerprint density at radius 3 is 2.45 bits per heavy atom. The van der Waals surface area contributed by atoms with Gasteiger partial charge in [0.15, 0.2) is 0 Å². The van der Waals surface area contributed by atoms with Crippen LogP contribution in [0.1, 0.15) is 36.8 Å². The van der Waals surface area contributed by atoms with Crippen LogP contribution in [0.15, 0.2) is 37.4 Å². The molecule has 0 radical (unpaired) electrons. The average Bonchev–Trinajstić information content (AvgIpc) is 2.42. The van der Waals surface area contributed by atoms with Crippen molar-refractivity contribution in [2.75, 3.05) is 6.61 Å². The third-order valence-electron chi connectivity index (χ3n) is 2.87. The topological polar surface area (TPSA) is 9.23 Å². The molecule has 1 aromatic carbocycles. The van der Waals surface area contributed by atoms with Gasteiger partial charge >= 0.3 is 0 Å². The molecular formula is C16H19F3O. The smallest absolute Gasteiger partial charge is 0.270 e. The van der Waals surface area contributed by atoms with Gasteiger partial charge in [0.25, 0.3) is 6.43 Å². The van der Waals surface area contributed by atoms with Gasteiger partial charge in [-0.25, -0.2) is 13.2 Å². The van der Waals surface area contributed by atoms with E-state index in [0.29, 0.717) is 19.3 Å². The highest BCUT2D eigenvalue weighted by Gasteiger charge is 2.22. The van der Waals surface area contributed by atoms with Crippen LogP contribution < -0.4 is 4.74 Å². The number of halogens is 3. The summed E-state index contributed by atoms with van der Waals surface area (Å²) in [5.74, 6) is -0.952. The van der Waals surface area contributed by atoms with Crippen LogP contribution in [-0.4, -0.2) is 6.61 Å². The maximum Gasteiger partial charge on any atom is 0.270 e. The van der Waals surface area contributed by atoms with Crippen molar-refractivity contribution in [2.24, 2.45) is 0 Å². The molecule has 1 rings (SSSR count). The van der Waals surface area contributed by atoms with E-state index >= 15 is 0 Å². The highest BCUT2D eigenvalue weighted by atomic mass is 19.3. The van der Waals surface area contributed by atoms with Gasteiger partial charge in [0.1, 0.15) is 11.6 Å². The normalized spacial score (nSPS) is 10.6. The number of allylic oxidation sites excluding steroid dienone is 2. The van der Waals surface area contributed by atoms with Gasteiger partial charge in [0, 0.05) is 0 Å². The molecule has 20 heavy (non-hydrogen) atoms. The van der Waals surface area contributed by atoms with Crippen LogP contribution in [-0.2, 0) is 6.42 Å². The molecule has 0 aromatic heterocycles. The quantitative estimate of drug-likeness (QED) is 0.446. The van der Waals surface area contributed by atoms with Gasteiger partial charge in [0.2, 0.25) is 0 Å². The van der Waals surface area contributed by atoms with Crippen LogP contribution in [0.3, 0.4) is 0 Å². The summed E-state index contributed by atoms with van der Waals surface area (Å²) in [7, 11) is 0. The third kappa shape index (κ3) is 4.44. The van der Waals surface area contributed by atoms with E-state index in [4.69, 9.17) is 4.74 Å². The second-order valence-electron chi connectivity index (χ2n) is 4.36. The number of alkyl halides is 2. The second kappa shape index (κ2) is 8.46. The molecule has 0 heterocycles. The summed E-state index contributed by atoms with van der Waals surface area (Å²) < 4.78 is 45.3. The SMILES string of the molecule is C=CCCCOc1ccc(CCC=C)c(F)c1C(F)F. The Balaban J connectivity index is 2.91. The van der Waals surface area contributed by atoms with Crippen LogP contribution in [0.5, 0.6) is 5.75 Å². The van der Waals surface area contributed by atoms with Crippen LogP contribution in [0, 0.1) is 5.82 Å². The fourth-order valence-corrected chi connectivity index (χ4v) is 1.81. The number of hydrogen-bond acceptors (Lipinski definition) is 1. The second-order valence-corrected chi connectivity index (χ2v) is 4.36. The molecule has 4 heteroatoms. The Morgan fingerprint density at radius 2 is 1.85 bits per heavy atom. The number of ether oxygens (including phenoxy) is 1. The molecule has 0 N–H and O–H groups in total. The molecule has 0 unspecified atom stereocenters. The van der Waals surface area contributed by atoms with Gasteiger partial charge in [-0.2, -0.15) is 0 Å². The van der Waals surface area contributed by atoms with Gasteiger partial charge < -0.3 is 4.74 Å². The predicted molar refractivity (Wildman–Crippen MR) is 74.8 cm³/mol. The lowest BCUT2D eigenvalue weighted by Gasteiger charge is -2.14. The molecule has 0 bridgehead atoms. The molecule has 110 valence electrons. The maximum atomic E-state index is 14.1. The molecule has 0 atom stereocenters. The van der Waals surface area contributed by atoms with E-state index < -0.39 is 17.8 Å². The standard InChI is InChI=1S/C16H19F3O/c1-3-5-7-11-20-13-10-9-12(8-6-4-2)15(17)14(13)16(18)19/h3-4,9-10,16H,1-2,5-8,11H2. The minimum absolute atomic E-state index is 0.0797. The summed E-state index contributed by atoms with van der Waals surface area (Å²) in [5, 5.41) is 0. The number of unbranched alkanes of at least 4 members (excludes halogenated alkanes) is 1. The van der Waals surface area contributed by atoms with E-state index in [1.165, 1.54) is 12.1 Å². The zero-order chi connectivity index (χ0) is 15.0. The fourth-order valence-electron chi connectivity index (χ4n) is 1.81. The van der Waals surface area contributed by atoms with Gasteiger partial charge in [0.05, 0.1) is 12.2 Å². The first-order valence-corrected chi connectivity index (χ1v) is 6.55. The Labute approximate surface area is 117 Å². The summed E-state index contributed by atoms with van der Waals surface area (Å²) in [4.78, 5) is 0. The van der Waals surface area contributed by atoms with Crippen molar-refractivity contribution in [3.8, 4) is 5.75 Å². The molecule has 0 aliphatic heterocycles. The van der Waals surface area contributed by atoms with Gasteiger partial charge in [-0.05, 0) is 37.3 Å². The molecule has 0 saturated carbocycles. The van der Waals surface area contributed by atoms with Crippen molar-refractivity contribution in [1.82, 2.24) is 0 Å². The molecular weight excluding hydrogens is 265 g/mol. The van der Waals surface area contributed by atoms with E-state index in [9.17, 15) is 13.2 Å². The Kier molecular flexibility index (Phi) is 6.91. The Hall–Kier alpha value is -1.71. The monoisotopic (exact) mass is 284 g/mol. The van der Waals surface area contributed by atoms with Crippen LogP contribution in [0.25, 0.3) is 0 Å². The van der Waals surface area contributed by atoms with Gasteiger partial charge in [-0.15, -0.1) is 13.2 Å². The highest BCUT2D eigenvalue weighted by Crippen LogP contribution is 2.33. The lowest BCUT2D eigenvalue weighted by Crippen LogP contribution is -2.05. The van der Waals surface area contributed by atoms with Gasteiger partial charge in [-0.1, -0.05) is 18.2 Å². The summed E-state index contributed by atoms with van der Waals surface area (Å²) in [6.07, 6.45) is 2.73. The van der Waals surface area contributed by atoms with Gasteiger partial charge in [-0.3, -0.25) is 0 Å². The van der Waals surface area contributed by atoms with Crippen molar-refractivity contribution >= 4 is 0 Å². The first kappa shape index (κ1) is 16.3. The molecule has 0 aliphatic carbocycles. The molecule has 0 saturated heterocycles. The number of hydrogen-bond donors (Lipinski definition) is 0. The average molecular weight is 284 g/mol. The molecule has 0 amide bonds. The number of benzene rings is 1. The minimum atomic E-state index is -2.90. The number of aryl methyl sites for hydroxylation is 1. The Bertz CT molecular complexity index is 455. The van der Waals surface area contributed by atoms with Crippen molar-refractivity contribution in [1.29, 1.82) is 0 Å². The van der Waals surface area contributed by atoms with Crippen LogP contribution in [0.4, 0.5) is 13.2 Å². The summed E-state index contributed by atoms with van der Waals surface area (Å²) in [6, 6.07) is 2.91. The predicted octanol–water partition coefficient (Wildman–Crippen LogP) is 5.23. The van der Waals surface area contributed by atoms with E-state index in [-0.39, 0.29) is 17.9 Å². The first-order chi connectivity index (χ1) is 9.61. The first-order valence-electron chi connectivity index (χ1n) is 6.55. The molecule has 0 aliphatic rings. The fraction of sp³-hybridized carbons (Fsp3) is 0.375. The Morgan fingerprint density at radius 1 is 1.15 bits per heavy atom. The number of rotatable bonds is 9. The van der Waals surface area contributed by atoms with E-state index in [2.05, 4.69) is 13.2 Å². The maximum absolute atomic E-state index is 14.1. The molecule has 1 nitrogen and oxygen atoms in total. The van der Waals surface area contributed by atoms with Crippen molar-refractivity contribution in [3.63, 3.8) is 0 Å². The summed E-state index contributed by atoms with van der Waals surface area (Å²) in [5.41, 5.74) is -0.385. The zero-order valence-corrected chi connectivity index (χ0v) is 11.4. The third-order valence-corrected chi connectivity index (χ3v) is 2.87. The molecule has 0 fully saturated rings. The minimum Gasteiger partial charge on any atom is -0.493 e. The molecule has 0 spiro atoms. The lowest BCUT2D eigenvalue weighted by atomic mass is 10.0. The zero-order valence-electron chi connectivity index (χ0n) is 11.4. The van der Waals surface area contributed by atoms with E-state index in [0.717, 1.165) is 6.42 Å². The molecule has 1 aromatic rings. The summed E-state index contributed by atoms with van der Waals surface area (Å²) in [6.45, 7) is 7.36. The summed E-state index contributed by atoms with van der Waals surface area (Å²) >= 11 is 0. The van der Waals surface area contributed by atoms with Crippen molar-refractivity contribution in [2.45, 2.75) is 32.1 Å². The lowest BCUT2D eigenvalue weighted by molar-refractivity contribution is 0.139. The van der Waals surface area contributed by atoms with E-state index in [1.807, 2.05) is 0 Å². The van der Waals surface area contributed by atoms with Crippen LogP contribution in [0.2, 0.25) is 0 Å². The largest absolute Gasteiger partial charge is 0.493 e.